The highest BCUT2D eigenvalue weighted by atomic mass is 79.9. The average Bonchev–Trinajstić information content (AvgIpc) is 3.59. The first-order valence-corrected chi connectivity index (χ1v) is 18.7. The fourth-order valence-corrected chi connectivity index (χ4v) is 7.44. The maximum Gasteiger partial charge on any atom is 0.272 e. The highest BCUT2D eigenvalue weighted by Gasteiger charge is 2.24. The lowest BCUT2D eigenvalue weighted by atomic mass is 10.1. The Bertz CT molecular complexity index is 2220. The Morgan fingerprint density at radius 3 is 2.25 bits per heavy atom. The minimum atomic E-state index is -0.651. The van der Waals surface area contributed by atoms with Gasteiger partial charge in [0.1, 0.15) is 10.9 Å². The van der Waals surface area contributed by atoms with Crippen molar-refractivity contribution < 1.29 is 14.4 Å². The maximum absolute atomic E-state index is 13.8. The van der Waals surface area contributed by atoms with Crippen LogP contribution < -0.4 is 16.0 Å². The topological polar surface area (TPSA) is 100 Å². The van der Waals surface area contributed by atoms with Crippen LogP contribution in [0.4, 0.5) is 10.8 Å². The molecule has 254 valence electrons. The molecule has 1 unspecified atom stereocenters. The Balaban J connectivity index is 1.21. The van der Waals surface area contributed by atoms with E-state index in [-0.39, 0.29) is 11.6 Å². The number of nitrogens with one attached hydrogen (secondary N) is 3. The van der Waals surface area contributed by atoms with Crippen molar-refractivity contribution in [3.05, 3.63) is 170 Å². The van der Waals surface area contributed by atoms with E-state index in [4.69, 9.17) is 23.2 Å². The van der Waals surface area contributed by atoms with Crippen LogP contribution in [0.3, 0.4) is 0 Å². The lowest BCUT2D eigenvalue weighted by molar-refractivity contribution is -0.116. The van der Waals surface area contributed by atoms with Crippen molar-refractivity contribution in [3.8, 4) is 11.3 Å². The van der Waals surface area contributed by atoms with E-state index in [1.165, 1.54) is 23.1 Å². The highest BCUT2D eigenvalue weighted by molar-refractivity contribution is 9.10. The van der Waals surface area contributed by atoms with E-state index in [1.807, 2.05) is 72.1 Å². The number of carbonyl (C=O) groups excluding carboxylic acids is 3. The van der Waals surface area contributed by atoms with E-state index in [9.17, 15) is 14.4 Å². The summed E-state index contributed by atoms with van der Waals surface area (Å²) < 4.78 is 0.884. The molecule has 0 saturated carbocycles. The smallest absolute Gasteiger partial charge is 0.272 e. The van der Waals surface area contributed by atoms with Crippen LogP contribution in [0.5, 0.6) is 0 Å². The molecule has 0 aliphatic carbocycles. The second kappa shape index (κ2) is 17.0. The molecule has 0 aliphatic heterocycles. The van der Waals surface area contributed by atoms with E-state index in [2.05, 4.69) is 36.9 Å². The first-order valence-electron chi connectivity index (χ1n) is 15.4. The van der Waals surface area contributed by atoms with Gasteiger partial charge < -0.3 is 16.0 Å². The lowest BCUT2D eigenvalue weighted by Gasteiger charge is -2.17. The zero-order valence-corrected chi connectivity index (χ0v) is 31.2. The zero-order chi connectivity index (χ0) is 35.7. The molecule has 1 heterocycles. The SMILES string of the molecule is O=C(Nc1cccc(SC(C(=O)Nc2nc(-c3ccc(Cl)cc3Cl)cs2)c2ccccc2)c1)/C(=C/c1ccc(Br)cc1)NC(=O)c1ccccc1. The normalized spacial score (nSPS) is 11.8. The molecule has 1 atom stereocenters. The van der Waals surface area contributed by atoms with Gasteiger partial charge in [0.05, 0.1) is 10.7 Å². The van der Waals surface area contributed by atoms with Crippen molar-refractivity contribution >= 4 is 96.8 Å². The molecule has 12 heteroatoms. The van der Waals surface area contributed by atoms with Crippen molar-refractivity contribution in [1.82, 2.24) is 10.3 Å². The number of anilines is 2. The first-order chi connectivity index (χ1) is 24.7. The van der Waals surface area contributed by atoms with Gasteiger partial charge in [0, 0.05) is 36.6 Å². The Kier molecular flexibility index (Phi) is 12.0. The molecule has 6 rings (SSSR count). The van der Waals surface area contributed by atoms with E-state index >= 15 is 0 Å². The lowest BCUT2D eigenvalue weighted by Crippen LogP contribution is -2.30. The molecule has 0 fully saturated rings. The molecule has 3 amide bonds. The number of nitrogens with zero attached hydrogens (tertiary/aromatic N) is 1. The van der Waals surface area contributed by atoms with Crippen molar-refractivity contribution in [2.24, 2.45) is 0 Å². The summed E-state index contributed by atoms with van der Waals surface area (Å²) in [6.07, 6.45) is 1.61. The Labute approximate surface area is 321 Å². The molecule has 6 aromatic rings. The first kappa shape index (κ1) is 36.1. The van der Waals surface area contributed by atoms with Crippen LogP contribution in [0.1, 0.15) is 26.7 Å². The third kappa shape index (κ3) is 9.75. The molecule has 5 aromatic carbocycles. The van der Waals surface area contributed by atoms with E-state index in [1.54, 1.807) is 66.7 Å². The molecule has 51 heavy (non-hydrogen) atoms. The Morgan fingerprint density at radius 1 is 0.804 bits per heavy atom. The number of amides is 3. The highest BCUT2D eigenvalue weighted by Crippen LogP contribution is 2.38. The van der Waals surface area contributed by atoms with Gasteiger partial charge in [-0.05, 0) is 77.9 Å². The van der Waals surface area contributed by atoms with Crippen LogP contribution in [0.25, 0.3) is 17.3 Å². The second-order valence-corrected chi connectivity index (χ2v) is 14.8. The minimum absolute atomic E-state index is 0.0634. The summed E-state index contributed by atoms with van der Waals surface area (Å²) in [5, 5.41) is 11.2. The van der Waals surface area contributed by atoms with Crippen LogP contribution in [0.2, 0.25) is 10.0 Å². The molecular weight excluding hydrogens is 787 g/mol. The molecule has 0 bridgehead atoms. The van der Waals surface area contributed by atoms with Gasteiger partial charge in [0.25, 0.3) is 11.8 Å². The number of carbonyl (C=O) groups is 3. The Hall–Kier alpha value is -4.71. The van der Waals surface area contributed by atoms with Crippen molar-refractivity contribution in [2.75, 3.05) is 10.6 Å². The number of thiazole rings is 1. The van der Waals surface area contributed by atoms with Gasteiger partial charge in [0.15, 0.2) is 5.13 Å². The largest absolute Gasteiger partial charge is 0.321 e. The second-order valence-electron chi connectivity index (χ2n) is 11.0. The van der Waals surface area contributed by atoms with Crippen LogP contribution in [0, 0.1) is 0 Å². The van der Waals surface area contributed by atoms with Gasteiger partial charge in [-0.3, -0.25) is 14.4 Å². The van der Waals surface area contributed by atoms with E-state index in [0.717, 1.165) is 20.5 Å². The Morgan fingerprint density at radius 2 is 1.53 bits per heavy atom. The molecule has 0 spiro atoms. The third-order valence-electron chi connectivity index (χ3n) is 7.34. The van der Waals surface area contributed by atoms with E-state index < -0.39 is 17.1 Å². The van der Waals surface area contributed by atoms with Crippen molar-refractivity contribution in [1.29, 1.82) is 0 Å². The van der Waals surface area contributed by atoms with Crippen LogP contribution in [-0.2, 0) is 9.59 Å². The maximum atomic E-state index is 13.8. The number of hydrogen-bond acceptors (Lipinski definition) is 6. The standard InChI is InChI=1S/C39H27BrCl2N4O3S2/c40-27-16-14-24(15-17-27)20-33(44-36(47)26-10-5-2-6-11-26)37(48)43-29-12-7-13-30(22-29)51-35(25-8-3-1-4-9-25)38(49)46-39-45-34(23-50-39)31-19-18-28(41)21-32(31)42/h1-23,35H,(H,43,48)(H,44,47)(H,45,46,49)/b33-20-. The summed E-state index contributed by atoms with van der Waals surface area (Å²) in [5.74, 6) is -1.20. The predicted octanol–water partition coefficient (Wildman–Crippen LogP) is 10.8. The van der Waals surface area contributed by atoms with Gasteiger partial charge >= 0.3 is 0 Å². The quantitative estimate of drug-likeness (QED) is 0.0893. The molecule has 0 saturated heterocycles. The fraction of sp³-hybridized carbons (Fsp3) is 0.0256. The predicted molar refractivity (Wildman–Crippen MR) is 212 cm³/mol. The van der Waals surface area contributed by atoms with Gasteiger partial charge in [-0.2, -0.15) is 0 Å². The minimum Gasteiger partial charge on any atom is -0.321 e. The van der Waals surface area contributed by atoms with Gasteiger partial charge in [-0.1, -0.05) is 106 Å². The monoisotopic (exact) mass is 812 g/mol. The third-order valence-corrected chi connectivity index (χ3v) is 10.4. The molecular formula is C39H27BrCl2N4O3S2. The average molecular weight is 815 g/mol. The van der Waals surface area contributed by atoms with Crippen LogP contribution in [0.15, 0.2) is 148 Å². The molecule has 3 N–H and O–H groups in total. The van der Waals surface area contributed by atoms with Gasteiger partial charge in [0.2, 0.25) is 5.91 Å². The molecule has 1 aromatic heterocycles. The summed E-state index contributed by atoms with van der Waals surface area (Å²) in [7, 11) is 0. The van der Waals surface area contributed by atoms with E-state index in [0.29, 0.717) is 37.7 Å². The van der Waals surface area contributed by atoms with Crippen LogP contribution in [-0.4, -0.2) is 22.7 Å². The molecule has 0 aliphatic rings. The molecule has 7 nitrogen and oxygen atoms in total. The summed E-state index contributed by atoms with van der Waals surface area (Å²) in [4.78, 5) is 45.9. The number of aromatic nitrogens is 1. The number of halogens is 3. The number of hydrogen-bond donors (Lipinski definition) is 3. The fourth-order valence-electron chi connectivity index (χ4n) is 4.87. The number of benzene rings is 5. The number of thioether (sulfide) groups is 1. The van der Waals surface area contributed by atoms with Gasteiger partial charge in [-0.25, -0.2) is 4.98 Å². The number of rotatable bonds is 11. The molecule has 0 radical (unpaired) electrons. The van der Waals surface area contributed by atoms with Gasteiger partial charge in [-0.15, -0.1) is 23.1 Å². The van der Waals surface area contributed by atoms with Crippen LogP contribution >= 0.6 is 62.2 Å². The van der Waals surface area contributed by atoms with Crippen molar-refractivity contribution in [3.63, 3.8) is 0 Å². The zero-order valence-electron chi connectivity index (χ0n) is 26.5. The summed E-state index contributed by atoms with van der Waals surface area (Å²) in [5.41, 5.74) is 3.80. The van der Waals surface area contributed by atoms with Crippen molar-refractivity contribution in [2.45, 2.75) is 10.1 Å². The summed E-state index contributed by atoms with van der Waals surface area (Å²) in [6.45, 7) is 0. The summed E-state index contributed by atoms with van der Waals surface area (Å²) >= 11 is 18.5. The summed E-state index contributed by atoms with van der Waals surface area (Å²) in [6, 6.07) is 37.8.